The van der Waals surface area contributed by atoms with Crippen LogP contribution in [0.2, 0.25) is 0 Å². The molecule has 1 aliphatic heterocycles. The average molecular weight is 336 g/mol. The number of carbonyl (C=O) groups is 3. The summed E-state index contributed by atoms with van der Waals surface area (Å²) in [6, 6.07) is 1.25. The molecule has 1 aliphatic rings. The van der Waals surface area contributed by atoms with Gasteiger partial charge in [0.05, 0.1) is 5.56 Å². The summed E-state index contributed by atoms with van der Waals surface area (Å²) in [7, 11) is 0. The largest absolute Gasteiger partial charge is 0.478 e. The van der Waals surface area contributed by atoms with Gasteiger partial charge in [-0.2, -0.15) is 0 Å². The van der Waals surface area contributed by atoms with Crippen molar-refractivity contribution in [1.82, 2.24) is 10.2 Å². The van der Waals surface area contributed by atoms with Gasteiger partial charge in [0, 0.05) is 31.1 Å². The number of carboxylic acids is 1. The zero-order chi connectivity index (χ0) is 17.9. The van der Waals surface area contributed by atoms with Gasteiger partial charge in [0.1, 0.15) is 6.26 Å². The van der Waals surface area contributed by atoms with Gasteiger partial charge in [-0.25, -0.2) is 4.79 Å². The van der Waals surface area contributed by atoms with Crippen LogP contribution >= 0.6 is 0 Å². The number of rotatable bonds is 4. The fourth-order valence-electron chi connectivity index (χ4n) is 2.63. The lowest BCUT2D eigenvalue weighted by atomic mass is 9.94. The number of carbonyl (C=O) groups excluding carboxylic acids is 2. The van der Waals surface area contributed by atoms with Crippen LogP contribution in [0.1, 0.15) is 54.5 Å². The van der Waals surface area contributed by atoms with Gasteiger partial charge >= 0.3 is 5.97 Å². The first-order chi connectivity index (χ1) is 11.2. The molecule has 0 aliphatic carbocycles. The summed E-state index contributed by atoms with van der Waals surface area (Å²) in [4.78, 5) is 36.9. The van der Waals surface area contributed by atoms with E-state index in [9.17, 15) is 14.4 Å². The van der Waals surface area contributed by atoms with Crippen molar-refractivity contribution in [2.75, 3.05) is 19.6 Å². The SMILES string of the molecule is CC(C)(C)C(=O)NCC1CCCN(C(=O)c2cc(C(=O)O)co2)C1. The van der Waals surface area contributed by atoms with E-state index >= 15 is 0 Å². The Bertz CT molecular complexity index is 629. The number of likely N-dealkylation sites (tertiary alicyclic amines) is 1. The number of hydrogen-bond acceptors (Lipinski definition) is 4. The number of hydrogen-bond donors (Lipinski definition) is 2. The van der Waals surface area contributed by atoms with E-state index in [1.165, 1.54) is 6.07 Å². The van der Waals surface area contributed by atoms with Gasteiger partial charge in [0.15, 0.2) is 5.76 Å². The van der Waals surface area contributed by atoms with E-state index in [0.29, 0.717) is 19.6 Å². The Labute approximate surface area is 141 Å². The molecule has 0 aromatic carbocycles. The van der Waals surface area contributed by atoms with Crippen molar-refractivity contribution in [3.8, 4) is 0 Å². The molecule has 132 valence electrons. The molecule has 1 aromatic heterocycles. The molecule has 2 heterocycles. The third-order valence-corrected chi connectivity index (χ3v) is 4.10. The topological polar surface area (TPSA) is 99.9 Å². The predicted molar refractivity (Wildman–Crippen MR) is 86.8 cm³/mol. The van der Waals surface area contributed by atoms with Crippen LogP contribution in [-0.2, 0) is 4.79 Å². The predicted octanol–water partition coefficient (Wildman–Crippen LogP) is 1.99. The zero-order valence-electron chi connectivity index (χ0n) is 14.3. The first kappa shape index (κ1) is 18.0. The van der Waals surface area contributed by atoms with Crippen LogP contribution in [0.4, 0.5) is 0 Å². The number of carboxylic acid groups (broad SMARTS) is 1. The molecule has 7 nitrogen and oxygen atoms in total. The van der Waals surface area contributed by atoms with Crippen molar-refractivity contribution in [2.45, 2.75) is 33.6 Å². The Morgan fingerprint density at radius 1 is 1.38 bits per heavy atom. The zero-order valence-corrected chi connectivity index (χ0v) is 14.3. The van der Waals surface area contributed by atoms with Gasteiger partial charge in [-0.05, 0) is 18.8 Å². The van der Waals surface area contributed by atoms with Gasteiger partial charge in [-0.1, -0.05) is 20.8 Å². The van der Waals surface area contributed by atoms with Gasteiger partial charge in [0.25, 0.3) is 5.91 Å². The highest BCUT2D eigenvalue weighted by molar-refractivity contribution is 5.95. The van der Waals surface area contributed by atoms with Crippen molar-refractivity contribution in [3.05, 3.63) is 23.7 Å². The van der Waals surface area contributed by atoms with Crippen LogP contribution < -0.4 is 5.32 Å². The van der Waals surface area contributed by atoms with E-state index in [2.05, 4.69) is 5.32 Å². The maximum absolute atomic E-state index is 12.4. The second-order valence-electron chi connectivity index (χ2n) is 7.22. The van der Waals surface area contributed by atoms with E-state index in [-0.39, 0.29) is 29.1 Å². The minimum Gasteiger partial charge on any atom is -0.478 e. The summed E-state index contributed by atoms with van der Waals surface area (Å²) in [5.74, 6) is -1.23. The Morgan fingerprint density at radius 3 is 2.67 bits per heavy atom. The minimum absolute atomic E-state index is 0.0110. The highest BCUT2D eigenvalue weighted by Crippen LogP contribution is 2.20. The van der Waals surface area contributed by atoms with E-state index < -0.39 is 11.4 Å². The number of amides is 2. The van der Waals surface area contributed by atoms with Crippen LogP contribution in [0.15, 0.2) is 16.7 Å². The first-order valence-electron chi connectivity index (χ1n) is 8.08. The summed E-state index contributed by atoms with van der Waals surface area (Å²) in [5, 5.41) is 11.8. The lowest BCUT2D eigenvalue weighted by Gasteiger charge is -2.32. The lowest BCUT2D eigenvalue weighted by Crippen LogP contribution is -2.45. The first-order valence-corrected chi connectivity index (χ1v) is 8.08. The number of furan rings is 1. The van der Waals surface area contributed by atoms with Crippen LogP contribution in [0, 0.1) is 11.3 Å². The van der Waals surface area contributed by atoms with Crippen LogP contribution in [0.3, 0.4) is 0 Å². The molecule has 1 aromatic rings. The van der Waals surface area contributed by atoms with Gasteiger partial charge < -0.3 is 19.7 Å². The number of piperidine rings is 1. The Balaban J connectivity index is 1.93. The highest BCUT2D eigenvalue weighted by Gasteiger charge is 2.28. The number of nitrogens with zero attached hydrogens (tertiary/aromatic N) is 1. The Morgan fingerprint density at radius 2 is 2.08 bits per heavy atom. The molecule has 7 heteroatoms. The molecular weight excluding hydrogens is 312 g/mol. The monoisotopic (exact) mass is 336 g/mol. The van der Waals surface area contributed by atoms with Crippen molar-refractivity contribution in [1.29, 1.82) is 0 Å². The number of nitrogens with one attached hydrogen (secondary N) is 1. The molecule has 0 radical (unpaired) electrons. The third kappa shape index (κ3) is 4.37. The van der Waals surface area contributed by atoms with Crippen molar-refractivity contribution < 1.29 is 23.9 Å². The number of aromatic carboxylic acids is 1. The Kier molecular flexibility index (Phi) is 5.31. The molecular formula is C17H24N2O5. The molecule has 1 fully saturated rings. The maximum atomic E-state index is 12.4. The highest BCUT2D eigenvalue weighted by atomic mass is 16.4. The van der Waals surface area contributed by atoms with E-state index in [0.717, 1.165) is 19.1 Å². The minimum atomic E-state index is -1.13. The molecule has 1 atom stereocenters. The van der Waals surface area contributed by atoms with Crippen molar-refractivity contribution >= 4 is 17.8 Å². The molecule has 2 N–H and O–H groups in total. The average Bonchev–Trinajstić information content (AvgIpc) is 3.01. The lowest BCUT2D eigenvalue weighted by molar-refractivity contribution is -0.128. The smallest absolute Gasteiger partial charge is 0.338 e. The normalized spacial score (nSPS) is 18.3. The molecule has 24 heavy (non-hydrogen) atoms. The molecule has 1 unspecified atom stereocenters. The fraction of sp³-hybridized carbons (Fsp3) is 0.588. The maximum Gasteiger partial charge on any atom is 0.338 e. The molecule has 2 amide bonds. The molecule has 2 rings (SSSR count). The van der Waals surface area contributed by atoms with Crippen molar-refractivity contribution in [3.63, 3.8) is 0 Å². The van der Waals surface area contributed by atoms with Crippen LogP contribution in [-0.4, -0.2) is 47.4 Å². The quantitative estimate of drug-likeness (QED) is 0.876. The molecule has 1 saturated heterocycles. The molecule has 0 saturated carbocycles. The second-order valence-corrected chi connectivity index (χ2v) is 7.22. The summed E-state index contributed by atoms with van der Waals surface area (Å²) < 4.78 is 5.08. The van der Waals surface area contributed by atoms with Gasteiger partial charge in [0.2, 0.25) is 5.91 Å². The van der Waals surface area contributed by atoms with E-state index in [4.69, 9.17) is 9.52 Å². The van der Waals surface area contributed by atoms with Gasteiger partial charge in [-0.15, -0.1) is 0 Å². The third-order valence-electron chi connectivity index (χ3n) is 4.10. The molecule has 0 spiro atoms. The summed E-state index contributed by atoms with van der Waals surface area (Å²) in [5.41, 5.74) is -0.477. The summed E-state index contributed by atoms with van der Waals surface area (Å²) in [6.45, 7) is 7.22. The standard InChI is InChI=1S/C17H24N2O5/c1-17(2,3)16(23)18-8-11-5-4-6-19(9-11)14(20)13-7-12(10-24-13)15(21)22/h7,10-11H,4-6,8-9H2,1-3H3,(H,18,23)(H,21,22). The van der Waals surface area contributed by atoms with E-state index in [1.807, 2.05) is 20.8 Å². The second kappa shape index (κ2) is 7.07. The molecule has 0 bridgehead atoms. The summed E-state index contributed by atoms with van der Waals surface area (Å²) >= 11 is 0. The van der Waals surface area contributed by atoms with E-state index in [1.54, 1.807) is 4.90 Å². The van der Waals surface area contributed by atoms with Gasteiger partial charge in [-0.3, -0.25) is 9.59 Å². The fourth-order valence-corrected chi connectivity index (χ4v) is 2.63. The Hall–Kier alpha value is -2.31. The van der Waals surface area contributed by atoms with Crippen LogP contribution in [0.5, 0.6) is 0 Å². The van der Waals surface area contributed by atoms with Crippen molar-refractivity contribution in [2.24, 2.45) is 11.3 Å². The van der Waals surface area contributed by atoms with Crippen LogP contribution in [0.25, 0.3) is 0 Å². The summed E-state index contributed by atoms with van der Waals surface area (Å²) in [6.07, 6.45) is 2.85.